The van der Waals surface area contributed by atoms with Gasteiger partial charge in [0.25, 0.3) is 0 Å². The Labute approximate surface area is 99.2 Å². The molecule has 1 fully saturated rings. The Bertz CT molecular complexity index is 295. The van der Waals surface area contributed by atoms with E-state index in [1.807, 2.05) is 0 Å². The van der Waals surface area contributed by atoms with Gasteiger partial charge in [-0.25, -0.2) is 0 Å². The fourth-order valence-electron chi connectivity index (χ4n) is 1.82. The van der Waals surface area contributed by atoms with Crippen LogP contribution in [0.5, 0.6) is 0 Å². The highest BCUT2D eigenvalue weighted by Crippen LogP contribution is 2.25. The maximum Gasteiger partial charge on any atom is 0.303 e. The molecule has 98 valence electrons. The third-order valence-electron chi connectivity index (χ3n) is 2.59. The fraction of sp³-hybridized carbons (Fsp3) is 0.900. The number of hydrogen-bond acceptors (Lipinski definition) is 6. The third-order valence-corrected chi connectivity index (χ3v) is 2.59. The van der Waals surface area contributed by atoms with Crippen LogP contribution < -0.4 is 0 Å². The Hall–Kier alpha value is -1.21. The molecule has 0 aliphatic carbocycles. The van der Waals surface area contributed by atoms with Crippen molar-refractivity contribution < 1.29 is 23.9 Å². The van der Waals surface area contributed by atoms with Crippen LogP contribution >= 0.6 is 0 Å². The summed E-state index contributed by atoms with van der Waals surface area (Å²) >= 11 is 0. The van der Waals surface area contributed by atoms with E-state index in [-0.39, 0.29) is 6.42 Å². The molecule has 1 aliphatic heterocycles. The average Bonchev–Trinajstić information content (AvgIpc) is 2.21. The molecule has 1 saturated heterocycles. The number of hydrogen-bond donors (Lipinski definition) is 0. The van der Waals surface area contributed by atoms with Gasteiger partial charge in [0.15, 0.2) is 12.4 Å². The molecule has 7 heteroatoms. The standard InChI is InChI=1S/C10H17NO6/c1-4-15-10-9(17-7(3)12)5-8(11(13)14)6(2)16-10/h6,8-10H,4-5H2,1-3H3/t6-,8+,9-,10+/m1/s1. The highest BCUT2D eigenvalue weighted by Gasteiger charge is 2.44. The third kappa shape index (κ3) is 3.64. The zero-order valence-corrected chi connectivity index (χ0v) is 10.1. The van der Waals surface area contributed by atoms with E-state index in [2.05, 4.69) is 0 Å². The summed E-state index contributed by atoms with van der Waals surface area (Å²) < 4.78 is 15.6. The number of rotatable bonds is 4. The SMILES string of the molecule is CCO[C@H]1O[C@H](C)[C@@H]([N+](=O)[O-])C[C@H]1OC(C)=O. The molecular formula is C10H17NO6. The van der Waals surface area contributed by atoms with Crippen LogP contribution in [0.1, 0.15) is 27.2 Å². The minimum absolute atomic E-state index is 0.110. The van der Waals surface area contributed by atoms with Gasteiger partial charge >= 0.3 is 5.97 Å². The number of nitrogens with zero attached hydrogens (tertiary/aromatic N) is 1. The first-order valence-corrected chi connectivity index (χ1v) is 5.53. The van der Waals surface area contributed by atoms with Crippen LogP contribution in [0.3, 0.4) is 0 Å². The van der Waals surface area contributed by atoms with Crippen molar-refractivity contribution >= 4 is 5.97 Å². The lowest BCUT2D eigenvalue weighted by atomic mass is 10.0. The quantitative estimate of drug-likeness (QED) is 0.413. The van der Waals surface area contributed by atoms with Gasteiger partial charge in [0.05, 0.1) is 6.42 Å². The van der Waals surface area contributed by atoms with Crippen LogP contribution in [0.25, 0.3) is 0 Å². The summed E-state index contributed by atoms with van der Waals surface area (Å²) in [6.45, 7) is 5.03. The smallest absolute Gasteiger partial charge is 0.303 e. The molecule has 0 spiro atoms. The first-order chi connectivity index (χ1) is 7.95. The van der Waals surface area contributed by atoms with Gasteiger partial charge in [-0.15, -0.1) is 0 Å². The van der Waals surface area contributed by atoms with E-state index in [1.54, 1.807) is 13.8 Å². The van der Waals surface area contributed by atoms with E-state index >= 15 is 0 Å². The van der Waals surface area contributed by atoms with Gasteiger partial charge in [0, 0.05) is 18.5 Å². The molecule has 17 heavy (non-hydrogen) atoms. The van der Waals surface area contributed by atoms with Gasteiger partial charge in [-0.3, -0.25) is 14.9 Å². The zero-order valence-electron chi connectivity index (χ0n) is 10.1. The first-order valence-electron chi connectivity index (χ1n) is 5.53. The molecule has 0 amide bonds. The summed E-state index contributed by atoms with van der Waals surface area (Å²) in [7, 11) is 0. The molecule has 0 aromatic carbocycles. The number of ether oxygens (including phenoxy) is 3. The predicted molar refractivity (Wildman–Crippen MR) is 56.9 cm³/mol. The van der Waals surface area contributed by atoms with Crippen molar-refractivity contribution in [2.75, 3.05) is 6.61 Å². The molecule has 1 rings (SSSR count). The lowest BCUT2D eigenvalue weighted by Gasteiger charge is -2.35. The highest BCUT2D eigenvalue weighted by molar-refractivity contribution is 5.66. The Kier molecular flexibility index (Phi) is 4.83. The van der Waals surface area contributed by atoms with Crippen molar-refractivity contribution in [2.45, 2.75) is 51.7 Å². The molecule has 1 aliphatic rings. The maximum atomic E-state index is 10.9. The Morgan fingerprint density at radius 1 is 1.59 bits per heavy atom. The van der Waals surface area contributed by atoms with E-state index in [1.165, 1.54) is 6.92 Å². The van der Waals surface area contributed by atoms with Gasteiger partial charge in [0.1, 0.15) is 6.10 Å². The van der Waals surface area contributed by atoms with Crippen LogP contribution in [-0.4, -0.2) is 42.0 Å². The summed E-state index contributed by atoms with van der Waals surface area (Å²) in [4.78, 5) is 21.3. The number of carbonyl (C=O) groups excluding carboxylic acids is 1. The second kappa shape index (κ2) is 5.92. The molecule has 0 aromatic heterocycles. The number of nitro groups is 1. The molecule has 7 nitrogen and oxygen atoms in total. The van der Waals surface area contributed by atoms with Gasteiger partial charge in [-0.2, -0.15) is 0 Å². The predicted octanol–water partition coefficient (Wildman–Crippen LogP) is 0.735. The van der Waals surface area contributed by atoms with E-state index in [9.17, 15) is 14.9 Å². The number of esters is 1. The highest BCUT2D eigenvalue weighted by atomic mass is 16.7. The van der Waals surface area contributed by atoms with Crippen molar-refractivity contribution in [1.82, 2.24) is 0 Å². The van der Waals surface area contributed by atoms with Crippen molar-refractivity contribution in [3.63, 3.8) is 0 Å². The van der Waals surface area contributed by atoms with Gasteiger partial charge in [-0.1, -0.05) is 0 Å². The summed E-state index contributed by atoms with van der Waals surface area (Å²) in [6.07, 6.45) is -1.90. The fourth-order valence-corrected chi connectivity index (χ4v) is 1.82. The van der Waals surface area contributed by atoms with Crippen LogP contribution in [0, 0.1) is 10.1 Å². The summed E-state index contributed by atoms with van der Waals surface area (Å²) in [5.74, 6) is -0.500. The van der Waals surface area contributed by atoms with Crippen molar-refractivity contribution in [3.8, 4) is 0 Å². The topological polar surface area (TPSA) is 87.9 Å². The van der Waals surface area contributed by atoms with E-state index < -0.39 is 35.4 Å². The van der Waals surface area contributed by atoms with Gasteiger partial charge in [0.2, 0.25) is 6.04 Å². The van der Waals surface area contributed by atoms with E-state index in [0.29, 0.717) is 6.61 Å². The Morgan fingerprint density at radius 3 is 2.71 bits per heavy atom. The molecule has 0 unspecified atom stereocenters. The molecular weight excluding hydrogens is 230 g/mol. The lowest BCUT2D eigenvalue weighted by molar-refractivity contribution is -0.548. The monoisotopic (exact) mass is 247 g/mol. The molecule has 4 atom stereocenters. The summed E-state index contributed by atoms with van der Waals surface area (Å²) in [5.41, 5.74) is 0. The second-order valence-electron chi connectivity index (χ2n) is 3.90. The molecule has 0 saturated carbocycles. The normalized spacial score (nSPS) is 33.1. The van der Waals surface area contributed by atoms with Crippen LogP contribution in [0.4, 0.5) is 0 Å². The molecule has 0 aromatic rings. The van der Waals surface area contributed by atoms with E-state index in [0.717, 1.165) is 0 Å². The molecule has 0 bridgehead atoms. The molecule has 1 heterocycles. The van der Waals surface area contributed by atoms with Crippen LogP contribution in [0.15, 0.2) is 0 Å². The maximum absolute atomic E-state index is 10.9. The van der Waals surface area contributed by atoms with Gasteiger partial charge < -0.3 is 14.2 Å². The summed E-state index contributed by atoms with van der Waals surface area (Å²) in [5, 5.41) is 10.8. The molecule has 0 N–H and O–H groups in total. The van der Waals surface area contributed by atoms with Crippen LogP contribution in [0.2, 0.25) is 0 Å². The zero-order chi connectivity index (χ0) is 13.0. The van der Waals surface area contributed by atoms with E-state index in [4.69, 9.17) is 14.2 Å². The van der Waals surface area contributed by atoms with Gasteiger partial charge in [-0.05, 0) is 13.8 Å². The molecule has 0 radical (unpaired) electrons. The van der Waals surface area contributed by atoms with Crippen molar-refractivity contribution in [3.05, 3.63) is 10.1 Å². The van der Waals surface area contributed by atoms with Crippen molar-refractivity contribution in [1.29, 1.82) is 0 Å². The second-order valence-corrected chi connectivity index (χ2v) is 3.90. The average molecular weight is 247 g/mol. The van der Waals surface area contributed by atoms with Crippen molar-refractivity contribution in [2.24, 2.45) is 0 Å². The Morgan fingerprint density at radius 2 is 2.24 bits per heavy atom. The minimum Gasteiger partial charge on any atom is -0.457 e. The first kappa shape index (κ1) is 13.9. The largest absolute Gasteiger partial charge is 0.457 e. The van der Waals surface area contributed by atoms with Crippen LogP contribution in [-0.2, 0) is 19.0 Å². The number of carbonyl (C=O) groups is 1. The summed E-state index contributed by atoms with van der Waals surface area (Å²) in [6, 6.07) is -0.879. The lowest BCUT2D eigenvalue weighted by Crippen LogP contribution is -2.51. The Balaban J connectivity index is 2.73. The minimum atomic E-state index is -0.879.